The summed E-state index contributed by atoms with van der Waals surface area (Å²) in [4.78, 5) is 0. The summed E-state index contributed by atoms with van der Waals surface area (Å²) in [6.07, 6.45) is 0. The number of methoxy groups -OCH3 is 2. The molecule has 1 rings (SSSR count). The van der Waals surface area contributed by atoms with Crippen LogP contribution in [-0.2, 0) is 4.70 Å². The molecule has 0 aliphatic carbocycles. The van der Waals surface area contributed by atoms with Crippen molar-refractivity contribution < 1.29 is 14.2 Å². The topological polar surface area (TPSA) is 35.5 Å². The van der Waals surface area contributed by atoms with E-state index in [4.69, 9.17) is 9.47 Å². The predicted octanol–water partition coefficient (Wildman–Crippen LogP) is 0.379. The fourth-order valence-electron chi connectivity index (χ4n) is 0.897. The molecule has 0 radical (unpaired) electrons. The van der Waals surface area contributed by atoms with Gasteiger partial charge in [-0.25, -0.2) is 0 Å². The van der Waals surface area contributed by atoms with Crippen LogP contribution in [0.3, 0.4) is 0 Å². The monoisotopic (exact) mass is 164 g/mol. The average molecular weight is 164 g/mol. The van der Waals surface area contributed by atoms with E-state index in [0.29, 0.717) is 17.0 Å². The summed E-state index contributed by atoms with van der Waals surface area (Å²) < 4.78 is 20.4. The molecule has 0 bridgehead atoms. The van der Waals surface area contributed by atoms with Crippen LogP contribution in [0.15, 0.2) is 18.2 Å². The van der Waals surface area contributed by atoms with Gasteiger partial charge in [0.15, 0.2) is 0 Å². The maximum absolute atomic E-state index is 10.4. The third-order valence-corrected chi connectivity index (χ3v) is 1.51. The standard InChI is InChI=1S/C8H9BO3/c1-11-7-3-6(9-10)4-8(5-7)12-2/h3-5H,1-2H3. The maximum atomic E-state index is 10.4. The number of ether oxygens (including phenoxy) is 2. The molecule has 0 saturated heterocycles. The van der Waals surface area contributed by atoms with Crippen LogP contribution < -0.4 is 14.9 Å². The number of hydrogen-bond acceptors (Lipinski definition) is 3. The normalized spacial score (nSPS) is 8.83. The van der Waals surface area contributed by atoms with E-state index >= 15 is 0 Å². The van der Waals surface area contributed by atoms with Crippen molar-refractivity contribution in [1.82, 2.24) is 0 Å². The van der Waals surface area contributed by atoms with Gasteiger partial charge in [0, 0.05) is 0 Å². The van der Waals surface area contributed by atoms with Crippen molar-refractivity contribution >= 4 is 12.6 Å². The van der Waals surface area contributed by atoms with Gasteiger partial charge in [0.05, 0.1) is 0 Å². The SMILES string of the molecule is COc1cc(B=O)cc(OC)c1. The minimum absolute atomic E-state index is 0.547. The zero-order valence-electron chi connectivity index (χ0n) is 7.03. The summed E-state index contributed by atoms with van der Waals surface area (Å²) in [6, 6.07) is 5.01. The van der Waals surface area contributed by atoms with E-state index in [1.165, 1.54) is 0 Å². The van der Waals surface area contributed by atoms with Gasteiger partial charge in [-0.15, -0.1) is 0 Å². The summed E-state index contributed by atoms with van der Waals surface area (Å²) >= 11 is 0. The Hall–Kier alpha value is -1.32. The van der Waals surface area contributed by atoms with Crippen LogP contribution in [0.25, 0.3) is 0 Å². The van der Waals surface area contributed by atoms with Crippen LogP contribution in [0.5, 0.6) is 11.5 Å². The van der Waals surface area contributed by atoms with Crippen molar-refractivity contribution in [2.24, 2.45) is 0 Å². The van der Waals surface area contributed by atoms with Gasteiger partial charge in [0.2, 0.25) is 0 Å². The van der Waals surface area contributed by atoms with Crippen LogP contribution in [0.2, 0.25) is 0 Å². The number of rotatable bonds is 3. The van der Waals surface area contributed by atoms with Crippen molar-refractivity contribution in [3.63, 3.8) is 0 Å². The second-order valence-corrected chi connectivity index (χ2v) is 2.26. The quantitative estimate of drug-likeness (QED) is 0.605. The van der Waals surface area contributed by atoms with Crippen molar-refractivity contribution in [1.29, 1.82) is 0 Å². The fraction of sp³-hybridized carbons (Fsp3) is 0.250. The molecule has 1 aromatic rings. The Morgan fingerprint density at radius 1 is 1.08 bits per heavy atom. The molecule has 4 heteroatoms. The van der Waals surface area contributed by atoms with Crippen LogP contribution in [0, 0.1) is 0 Å². The first-order valence-electron chi connectivity index (χ1n) is 3.48. The molecule has 12 heavy (non-hydrogen) atoms. The molecule has 0 heterocycles. The summed E-state index contributed by atoms with van der Waals surface area (Å²) in [5.41, 5.74) is 0.547. The number of hydrogen-bond donors (Lipinski definition) is 0. The Kier molecular flexibility index (Phi) is 2.85. The van der Waals surface area contributed by atoms with E-state index in [0.717, 1.165) is 7.15 Å². The Balaban J connectivity index is 3.09. The summed E-state index contributed by atoms with van der Waals surface area (Å²) in [7, 11) is 3.84. The second-order valence-electron chi connectivity index (χ2n) is 2.26. The van der Waals surface area contributed by atoms with E-state index in [1.54, 1.807) is 32.4 Å². The molecule has 0 saturated carbocycles. The van der Waals surface area contributed by atoms with Crippen molar-refractivity contribution in [3.8, 4) is 11.5 Å². The molecule has 1 aromatic carbocycles. The fourth-order valence-corrected chi connectivity index (χ4v) is 0.897. The van der Waals surface area contributed by atoms with Crippen LogP contribution in [-0.4, -0.2) is 21.4 Å². The van der Waals surface area contributed by atoms with Crippen molar-refractivity contribution in [2.45, 2.75) is 0 Å². The summed E-state index contributed by atoms with van der Waals surface area (Å²) in [5.74, 6) is 1.24. The molecule has 0 fully saturated rings. The third kappa shape index (κ3) is 1.84. The molecular formula is C8H9BO3. The van der Waals surface area contributed by atoms with Crippen molar-refractivity contribution in [2.75, 3.05) is 14.2 Å². The predicted molar refractivity (Wildman–Crippen MR) is 45.6 cm³/mol. The van der Waals surface area contributed by atoms with Gasteiger partial charge in [-0.2, -0.15) is 0 Å². The van der Waals surface area contributed by atoms with E-state index in [1.807, 2.05) is 0 Å². The summed E-state index contributed by atoms with van der Waals surface area (Å²) in [6.45, 7) is 0. The van der Waals surface area contributed by atoms with Gasteiger partial charge >= 0.3 is 70.7 Å². The van der Waals surface area contributed by atoms with Gasteiger partial charge in [0.25, 0.3) is 0 Å². The minimum atomic E-state index is 0.547. The zero-order valence-corrected chi connectivity index (χ0v) is 7.03. The van der Waals surface area contributed by atoms with E-state index in [2.05, 4.69) is 0 Å². The first-order chi connectivity index (χ1) is 5.80. The van der Waals surface area contributed by atoms with Crippen LogP contribution in [0.4, 0.5) is 0 Å². The first-order valence-corrected chi connectivity index (χ1v) is 3.48. The van der Waals surface area contributed by atoms with E-state index in [9.17, 15) is 4.70 Å². The molecule has 3 nitrogen and oxygen atoms in total. The van der Waals surface area contributed by atoms with E-state index in [-0.39, 0.29) is 0 Å². The molecule has 62 valence electrons. The van der Waals surface area contributed by atoms with Crippen LogP contribution in [0.1, 0.15) is 0 Å². The molecule has 0 spiro atoms. The van der Waals surface area contributed by atoms with Gasteiger partial charge in [-0.1, -0.05) is 0 Å². The molecule has 0 atom stereocenters. The zero-order chi connectivity index (χ0) is 8.97. The molecule has 0 amide bonds. The molecule has 0 unspecified atom stereocenters. The third-order valence-electron chi connectivity index (χ3n) is 1.51. The Bertz CT molecular complexity index is 263. The first kappa shape index (κ1) is 8.78. The van der Waals surface area contributed by atoms with E-state index < -0.39 is 0 Å². The van der Waals surface area contributed by atoms with Gasteiger partial charge < -0.3 is 0 Å². The van der Waals surface area contributed by atoms with Crippen molar-refractivity contribution in [3.05, 3.63) is 18.2 Å². The molecule has 0 aliphatic heterocycles. The number of benzene rings is 1. The van der Waals surface area contributed by atoms with Crippen LogP contribution >= 0.6 is 0 Å². The molecular weight excluding hydrogens is 155 g/mol. The average Bonchev–Trinajstić information content (AvgIpc) is 2.16. The van der Waals surface area contributed by atoms with Gasteiger partial charge in [-0.3, -0.25) is 0 Å². The molecule has 0 aromatic heterocycles. The second kappa shape index (κ2) is 3.90. The molecule has 0 aliphatic rings. The van der Waals surface area contributed by atoms with Gasteiger partial charge in [-0.05, 0) is 0 Å². The Morgan fingerprint density at radius 2 is 1.58 bits per heavy atom. The summed E-state index contributed by atoms with van der Waals surface area (Å²) in [5, 5.41) is 0. The van der Waals surface area contributed by atoms with Gasteiger partial charge in [0.1, 0.15) is 0 Å². The Labute approximate surface area is 71.6 Å². The molecule has 0 N–H and O–H groups in total. The Morgan fingerprint density at radius 3 is 1.92 bits per heavy atom.